The van der Waals surface area contributed by atoms with Gasteiger partial charge in [0.25, 0.3) is 0 Å². The number of hydrogen-bond donors (Lipinski definition) is 1. The van der Waals surface area contributed by atoms with E-state index in [4.69, 9.17) is 9.72 Å². The zero-order chi connectivity index (χ0) is 23.4. The summed E-state index contributed by atoms with van der Waals surface area (Å²) >= 11 is 0. The molecule has 0 bridgehead atoms. The lowest BCUT2D eigenvalue weighted by Crippen LogP contribution is -2.08. The quantitative estimate of drug-likeness (QED) is 0.316. The van der Waals surface area contributed by atoms with Gasteiger partial charge in [-0.15, -0.1) is 0 Å². The Kier molecular flexibility index (Phi) is 6.90. The highest BCUT2D eigenvalue weighted by atomic mass is 16.5. The van der Waals surface area contributed by atoms with Crippen LogP contribution in [0.1, 0.15) is 65.7 Å². The zero-order valence-electron chi connectivity index (χ0n) is 19.4. The Labute approximate surface area is 194 Å². The van der Waals surface area contributed by atoms with Gasteiger partial charge in [0, 0.05) is 11.9 Å². The highest BCUT2D eigenvalue weighted by Crippen LogP contribution is 2.30. The third kappa shape index (κ3) is 4.83. The van der Waals surface area contributed by atoms with Crippen molar-refractivity contribution in [2.45, 2.75) is 52.7 Å². The number of nitrogens with zero attached hydrogens (tertiary/aromatic N) is 2. The molecule has 0 saturated carbocycles. The van der Waals surface area contributed by atoms with Crippen LogP contribution in [-0.4, -0.2) is 20.5 Å². The second kappa shape index (κ2) is 10.0. The summed E-state index contributed by atoms with van der Waals surface area (Å²) in [5.74, 6) is -0.937. The standard InChI is InChI=1S/C28H30N2O3/c1-4-9-22-17-30-23(14-12-19(3)27(30)29-22)18-33-26(5-2)21-13-15-24(25(16-21)28(31)32)20-10-7-6-8-11-20/h6-8,10-17,26H,4-5,9,18H2,1-3H3,(H,31,32). The van der Waals surface area contributed by atoms with Crippen LogP contribution >= 0.6 is 0 Å². The van der Waals surface area contributed by atoms with E-state index in [9.17, 15) is 9.90 Å². The van der Waals surface area contributed by atoms with Gasteiger partial charge in [0.15, 0.2) is 0 Å². The van der Waals surface area contributed by atoms with E-state index in [0.717, 1.165) is 53.0 Å². The number of hydrogen-bond acceptors (Lipinski definition) is 3. The Balaban J connectivity index is 1.61. The molecule has 5 heteroatoms. The van der Waals surface area contributed by atoms with Crippen LogP contribution in [0.15, 0.2) is 66.9 Å². The lowest BCUT2D eigenvalue weighted by atomic mass is 9.95. The van der Waals surface area contributed by atoms with Crippen molar-refractivity contribution in [3.63, 3.8) is 0 Å². The first-order valence-electron chi connectivity index (χ1n) is 11.5. The van der Waals surface area contributed by atoms with Gasteiger partial charge in [-0.05, 0) is 54.2 Å². The van der Waals surface area contributed by atoms with E-state index in [-0.39, 0.29) is 11.7 Å². The SMILES string of the molecule is CCCc1cn2c(COC(CC)c3ccc(-c4ccccc4)c(C(=O)O)c3)ccc(C)c2n1. The molecule has 33 heavy (non-hydrogen) atoms. The van der Waals surface area contributed by atoms with E-state index < -0.39 is 5.97 Å². The Bertz CT molecular complexity index is 1260. The van der Waals surface area contributed by atoms with Gasteiger partial charge in [-0.1, -0.05) is 68.8 Å². The molecular weight excluding hydrogens is 412 g/mol. The van der Waals surface area contributed by atoms with Crippen LogP contribution in [0.2, 0.25) is 0 Å². The summed E-state index contributed by atoms with van der Waals surface area (Å²) in [6, 6.07) is 19.4. The second-order valence-electron chi connectivity index (χ2n) is 8.37. The number of fused-ring (bicyclic) bond motifs is 1. The lowest BCUT2D eigenvalue weighted by Gasteiger charge is -2.19. The van der Waals surface area contributed by atoms with Crippen LogP contribution in [-0.2, 0) is 17.8 Å². The van der Waals surface area contributed by atoms with Crippen LogP contribution in [0.3, 0.4) is 0 Å². The van der Waals surface area contributed by atoms with Crippen molar-refractivity contribution >= 4 is 11.6 Å². The molecule has 0 aliphatic rings. The molecule has 0 saturated heterocycles. The van der Waals surface area contributed by atoms with Crippen molar-refractivity contribution < 1.29 is 14.6 Å². The molecule has 2 aromatic heterocycles. The number of imidazole rings is 1. The van der Waals surface area contributed by atoms with Crippen molar-refractivity contribution in [1.29, 1.82) is 0 Å². The number of carboxylic acid groups (broad SMARTS) is 1. The third-order valence-electron chi connectivity index (χ3n) is 5.98. The number of pyridine rings is 1. The number of rotatable bonds is 9. The largest absolute Gasteiger partial charge is 0.478 e. The van der Waals surface area contributed by atoms with Crippen LogP contribution < -0.4 is 0 Å². The van der Waals surface area contributed by atoms with Gasteiger partial charge in [0.1, 0.15) is 5.65 Å². The molecule has 0 fully saturated rings. The van der Waals surface area contributed by atoms with Gasteiger partial charge >= 0.3 is 5.97 Å². The summed E-state index contributed by atoms with van der Waals surface area (Å²) in [7, 11) is 0. The fourth-order valence-electron chi connectivity index (χ4n) is 4.24. The average Bonchev–Trinajstić information content (AvgIpc) is 3.26. The molecule has 0 aliphatic carbocycles. The minimum Gasteiger partial charge on any atom is -0.478 e. The van der Waals surface area contributed by atoms with Gasteiger partial charge < -0.3 is 14.2 Å². The number of benzene rings is 2. The van der Waals surface area contributed by atoms with Gasteiger partial charge in [0.05, 0.1) is 24.0 Å². The van der Waals surface area contributed by atoms with E-state index in [2.05, 4.69) is 43.5 Å². The van der Waals surface area contributed by atoms with Crippen LogP contribution in [0.25, 0.3) is 16.8 Å². The molecular formula is C28H30N2O3. The van der Waals surface area contributed by atoms with E-state index in [0.29, 0.717) is 12.2 Å². The summed E-state index contributed by atoms with van der Waals surface area (Å²) in [6.45, 7) is 6.69. The molecule has 0 radical (unpaired) electrons. The van der Waals surface area contributed by atoms with E-state index in [1.165, 1.54) is 0 Å². The number of carboxylic acids is 1. The fourth-order valence-corrected chi connectivity index (χ4v) is 4.24. The zero-order valence-corrected chi connectivity index (χ0v) is 19.4. The molecule has 1 unspecified atom stereocenters. The first-order valence-corrected chi connectivity index (χ1v) is 11.5. The fraction of sp³-hybridized carbons (Fsp3) is 0.286. The molecule has 5 nitrogen and oxygen atoms in total. The van der Waals surface area contributed by atoms with Crippen molar-refractivity contribution in [2.24, 2.45) is 0 Å². The molecule has 4 aromatic rings. The molecule has 0 amide bonds. The maximum Gasteiger partial charge on any atom is 0.336 e. The molecule has 1 N–H and O–H groups in total. The van der Waals surface area contributed by atoms with Crippen molar-refractivity contribution in [1.82, 2.24) is 9.38 Å². The number of aryl methyl sites for hydroxylation is 2. The summed E-state index contributed by atoms with van der Waals surface area (Å²) < 4.78 is 8.44. The highest BCUT2D eigenvalue weighted by Gasteiger charge is 2.18. The van der Waals surface area contributed by atoms with Crippen LogP contribution in [0.5, 0.6) is 0 Å². The topological polar surface area (TPSA) is 63.8 Å². The van der Waals surface area contributed by atoms with E-state index in [1.807, 2.05) is 42.5 Å². The monoisotopic (exact) mass is 442 g/mol. The number of ether oxygens (including phenoxy) is 1. The van der Waals surface area contributed by atoms with E-state index >= 15 is 0 Å². The highest BCUT2D eigenvalue weighted by molar-refractivity contribution is 5.96. The molecule has 170 valence electrons. The van der Waals surface area contributed by atoms with Gasteiger partial charge in [0.2, 0.25) is 0 Å². The first-order chi connectivity index (χ1) is 16.0. The van der Waals surface area contributed by atoms with Crippen molar-refractivity contribution in [3.05, 3.63) is 94.9 Å². The number of carbonyl (C=O) groups is 1. The maximum atomic E-state index is 12.0. The predicted octanol–water partition coefficient (Wildman–Crippen LogP) is 6.63. The summed E-state index contributed by atoms with van der Waals surface area (Å²) in [5, 5.41) is 9.85. The Morgan fingerprint density at radius 2 is 1.88 bits per heavy atom. The Morgan fingerprint density at radius 1 is 1.09 bits per heavy atom. The number of aromatic carboxylic acids is 1. The van der Waals surface area contributed by atoms with Crippen LogP contribution in [0, 0.1) is 6.92 Å². The number of aromatic nitrogens is 2. The molecule has 0 aliphatic heterocycles. The van der Waals surface area contributed by atoms with Gasteiger partial charge in [-0.25, -0.2) is 9.78 Å². The Morgan fingerprint density at radius 3 is 2.58 bits per heavy atom. The van der Waals surface area contributed by atoms with Crippen molar-refractivity contribution in [3.8, 4) is 11.1 Å². The molecule has 2 aromatic carbocycles. The smallest absolute Gasteiger partial charge is 0.336 e. The second-order valence-corrected chi connectivity index (χ2v) is 8.37. The molecule has 4 rings (SSSR count). The molecule has 0 spiro atoms. The average molecular weight is 443 g/mol. The molecule has 2 heterocycles. The van der Waals surface area contributed by atoms with Gasteiger partial charge in [-0.2, -0.15) is 0 Å². The summed E-state index contributed by atoms with van der Waals surface area (Å²) in [5.41, 5.74) is 6.98. The summed E-state index contributed by atoms with van der Waals surface area (Å²) in [6.07, 6.45) is 4.64. The predicted molar refractivity (Wildman–Crippen MR) is 131 cm³/mol. The minimum absolute atomic E-state index is 0.206. The van der Waals surface area contributed by atoms with Gasteiger partial charge in [-0.3, -0.25) is 0 Å². The van der Waals surface area contributed by atoms with Crippen LogP contribution in [0.4, 0.5) is 0 Å². The molecule has 1 atom stereocenters. The Hall–Kier alpha value is -3.44. The van der Waals surface area contributed by atoms with Crippen molar-refractivity contribution in [2.75, 3.05) is 0 Å². The lowest BCUT2D eigenvalue weighted by molar-refractivity contribution is 0.0347. The maximum absolute atomic E-state index is 12.0. The first kappa shape index (κ1) is 22.7. The normalized spacial score (nSPS) is 12.2. The van der Waals surface area contributed by atoms with E-state index in [1.54, 1.807) is 6.07 Å². The summed E-state index contributed by atoms with van der Waals surface area (Å²) in [4.78, 5) is 16.8. The minimum atomic E-state index is -0.937. The third-order valence-corrected chi connectivity index (χ3v) is 5.98.